The Morgan fingerprint density at radius 2 is 2.13 bits per heavy atom. The predicted molar refractivity (Wildman–Crippen MR) is 82.3 cm³/mol. The first-order valence-corrected chi connectivity index (χ1v) is 7.09. The van der Waals surface area contributed by atoms with E-state index in [1.807, 2.05) is 30.5 Å². The van der Waals surface area contributed by atoms with Crippen LogP contribution in [0.15, 0.2) is 36.5 Å². The van der Waals surface area contributed by atoms with Gasteiger partial charge in [0, 0.05) is 32.4 Å². The molecule has 0 saturated carbocycles. The van der Waals surface area contributed by atoms with E-state index in [1.54, 1.807) is 7.05 Å². The maximum atomic E-state index is 12.8. The summed E-state index contributed by atoms with van der Waals surface area (Å²) in [5, 5.41) is 4.97. The third kappa shape index (κ3) is 2.94. The van der Waals surface area contributed by atoms with Gasteiger partial charge in [-0.1, -0.05) is 12.1 Å². The number of halogens is 2. The molecule has 2 aromatic heterocycles. The number of amides is 1. The van der Waals surface area contributed by atoms with Gasteiger partial charge in [-0.3, -0.25) is 9.48 Å². The molecule has 5 nitrogen and oxygen atoms in total. The number of hydrogen-bond acceptors (Lipinski definition) is 2. The number of fused-ring (bicyclic) bond motifs is 1. The zero-order valence-corrected chi connectivity index (χ0v) is 12.8. The summed E-state index contributed by atoms with van der Waals surface area (Å²) < 4.78 is 26.6. The van der Waals surface area contributed by atoms with Gasteiger partial charge in [0.15, 0.2) is 5.69 Å². The number of aromatic nitrogens is 3. The quantitative estimate of drug-likeness (QED) is 0.803. The van der Waals surface area contributed by atoms with E-state index < -0.39 is 6.43 Å². The zero-order chi connectivity index (χ0) is 16.6. The van der Waals surface area contributed by atoms with Gasteiger partial charge >= 0.3 is 0 Å². The second-order valence-corrected chi connectivity index (χ2v) is 5.44. The first-order chi connectivity index (χ1) is 11.0. The monoisotopic (exact) mass is 318 g/mol. The normalized spacial score (nSPS) is 11.3. The van der Waals surface area contributed by atoms with Crippen LogP contribution in [0.4, 0.5) is 8.78 Å². The lowest BCUT2D eigenvalue weighted by molar-refractivity contribution is 0.0778. The van der Waals surface area contributed by atoms with Crippen LogP contribution >= 0.6 is 0 Å². The molecule has 0 atom stereocenters. The summed E-state index contributed by atoms with van der Waals surface area (Å²) in [7, 11) is 3.02. The van der Waals surface area contributed by atoms with Crippen molar-refractivity contribution >= 4 is 16.8 Å². The molecule has 0 aliphatic rings. The van der Waals surface area contributed by atoms with Crippen molar-refractivity contribution in [3.8, 4) is 0 Å². The smallest absolute Gasteiger partial charge is 0.280 e. The van der Waals surface area contributed by atoms with Gasteiger partial charge in [0.2, 0.25) is 0 Å². The molecule has 0 aliphatic heterocycles. The number of alkyl halides is 2. The van der Waals surface area contributed by atoms with Crippen molar-refractivity contribution in [3.05, 3.63) is 53.5 Å². The van der Waals surface area contributed by atoms with Gasteiger partial charge in [-0.05, 0) is 29.1 Å². The van der Waals surface area contributed by atoms with E-state index in [-0.39, 0.29) is 17.3 Å². The molecule has 0 bridgehead atoms. The molecular formula is C16H16F2N4O. The number of hydrogen-bond donors (Lipinski definition) is 1. The Labute approximate surface area is 131 Å². The van der Waals surface area contributed by atoms with E-state index >= 15 is 0 Å². The fourth-order valence-electron chi connectivity index (χ4n) is 2.52. The Morgan fingerprint density at radius 3 is 2.83 bits per heavy atom. The van der Waals surface area contributed by atoms with Gasteiger partial charge < -0.3 is 9.88 Å². The minimum Gasteiger partial charge on any atom is -0.361 e. The van der Waals surface area contributed by atoms with Crippen LogP contribution in [0.1, 0.15) is 28.2 Å². The van der Waals surface area contributed by atoms with Crippen LogP contribution in [0.5, 0.6) is 0 Å². The molecular weight excluding hydrogens is 302 g/mol. The minimum atomic E-state index is -2.66. The average Bonchev–Trinajstić information content (AvgIpc) is 3.12. The number of rotatable bonds is 4. The molecule has 1 amide bonds. The molecule has 1 N–H and O–H groups in total. The van der Waals surface area contributed by atoms with Gasteiger partial charge in [0.05, 0.1) is 0 Å². The third-order valence-corrected chi connectivity index (χ3v) is 3.74. The lowest BCUT2D eigenvalue weighted by Gasteiger charge is -2.16. The zero-order valence-electron chi connectivity index (χ0n) is 12.8. The van der Waals surface area contributed by atoms with Crippen LogP contribution < -0.4 is 0 Å². The number of carbonyl (C=O) groups excluding carboxylic acids is 1. The number of benzene rings is 1. The van der Waals surface area contributed by atoms with E-state index in [0.29, 0.717) is 6.54 Å². The fourth-order valence-corrected chi connectivity index (χ4v) is 2.52. The van der Waals surface area contributed by atoms with Crippen molar-refractivity contribution < 1.29 is 13.6 Å². The highest BCUT2D eigenvalue weighted by atomic mass is 19.3. The van der Waals surface area contributed by atoms with E-state index in [4.69, 9.17) is 0 Å². The summed E-state index contributed by atoms with van der Waals surface area (Å²) in [5.74, 6) is -0.390. The Kier molecular flexibility index (Phi) is 3.85. The third-order valence-electron chi connectivity index (χ3n) is 3.74. The van der Waals surface area contributed by atoms with Crippen LogP contribution in [-0.4, -0.2) is 32.6 Å². The summed E-state index contributed by atoms with van der Waals surface area (Å²) in [6.07, 6.45) is -0.807. The summed E-state index contributed by atoms with van der Waals surface area (Å²) in [5.41, 5.74) is 1.68. The molecule has 23 heavy (non-hydrogen) atoms. The van der Waals surface area contributed by atoms with Crippen LogP contribution in [0.25, 0.3) is 10.9 Å². The van der Waals surface area contributed by atoms with Crippen LogP contribution in [0.2, 0.25) is 0 Å². The predicted octanol–water partition coefficient (Wildman–Crippen LogP) is 3.11. The summed E-state index contributed by atoms with van der Waals surface area (Å²) in [6.45, 7) is 0.369. The van der Waals surface area contributed by atoms with Gasteiger partial charge in [-0.15, -0.1) is 0 Å². The molecule has 120 valence electrons. The molecule has 3 aromatic rings. The highest BCUT2D eigenvalue weighted by Crippen LogP contribution is 2.20. The lowest BCUT2D eigenvalue weighted by Crippen LogP contribution is -2.26. The first kappa shape index (κ1) is 15.2. The summed E-state index contributed by atoms with van der Waals surface area (Å²) >= 11 is 0. The first-order valence-electron chi connectivity index (χ1n) is 7.09. The van der Waals surface area contributed by atoms with Gasteiger partial charge in [-0.2, -0.15) is 5.10 Å². The molecule has 0 spiro atoms. The number of aromatic amines is 1. The number of nitrogens with one attached hydrogen (secondary N) is 1. The highest BCUT2D eigenvalue weighted by Gasteiger charge is 2.21. The molecule has 7 heteroatoms. The Hall–Kier alpha value is -2.70. The maximum absolute atomic E-state index is 12.8. The van der Waals surface area contributed by atoms with Gasteiger partial charge in [-0.25, -0.2) is 8.78 Å². The molecule has 0 saturated heterocycles. The minimum absolute atomic E-state index is 0.0197. The second-order valence-electron chi connectivity index (χ2n) is 5.44. The van der Waals surface area contributed by atoms with E-state index in [2.05, 4.69) is 10.1 Å². The number of aryl methyl sites for hydroxylation is 1. The standard InChI is InChI=1S/C16H16F2N4O/c1-21(9-10-3-4-11-5-6-19-12(11)7-10)16(23)13-8-14(15(17)18)22(2)20-13/h3-8,15,19H,9H2,1-2H3. The molecule has 3 rings (SSSR count). The highest BCUT2D eigenvalue weighted by molar-refractivity contribution is 5.92. The van der Waals surface area contributed by atoms with Crippen molar-refractivity contribution in [2.45, 2.75) is 13.0 Å². The van der Waals surface area contributed by atoms with Gasteiger partial charge in [0.25, 0.3) is 12.3 Å². The lowest BCUT2D eigenvalue weighted by atomic mass is 10.1. The van der Waals surface area contributed by atoms with Crippen LogP contribution in [0.3, 0.4) is 0 Å². The molecule has 0 radical (unpaired) electrons. The Bertz CT molecular complexity index is 853. The van der Waals surface area contributed by atoms with Crippen LogP contribution in [0, 0.1) is 0 Å². The maximum Gasteiger partial charge on any atom is 0.280 e. The van der Waals surface area contributed by atoms with Crippen molar-refractivity contribution in [2.75, 3.05) is 7.05 Å². The SMILES string of the molecule is CN(Cc1ccc2cc[nH]c2c1)C(=O)c1cc(C(F)F)n(C)n1. The Balaban J connectivity index is 1.77. The summed E-state index contributed by atoms with van der Waals surface area (Å²) in [6, 6.07) is 8.96. The number of carbonyl (C=O) groups is 1. The van der Waals surface area contributed by atoms with E-state index in [0.717, 1.165) is 27.2 Å². The Morgan fingerprint density at radius 1 is 1.35 bits per heavy atom. The van der Waals surface area contributed by atoms with Crippen molar-refractivity contribution in [2.24, 2.45) is 7.05 Å². The fraction of sp³-hybridized carbons (Fsp3) is 0.250. The van der Waals surface area contributed by atoms with Crippen molar-refractivity contribution in [1.82, 2.24) is 19.7 Å². The van der Waals surface area contributed by atoms with E-state index in [9.17, 15) is 13.6 Å². The largest absolute Gasteiger partial charge is 0.361 e. The number of nitrogens with zero attached hydrogens (tertiary/aromatic N) is 3. The topological polar surface area (TPSA) is 53.9 Å². The second kappa shape index (κ2) is 5.83. The number of H-pyrrole nitrogens is 1. The summed E-state index contributed by atoms with van der Waals surface area (Å²) in [4.78, 5) is 16.9. The van der Waals surface area contributed by atoms with Crippen molar-refractivity contribution in [3.63, 3.8) is 0 Å². The molecule has 2 heterocycles. The van der Waals surface area contributed by atoms with E-state index in [1.165, 1.54) is 11.9 Å². The molecule has 0 fully saturated rings. The molecule has 0 aliphatic carbocycles. The van der Waals surface area contributed by atoms with Gasteiger partial charge in [0.1, 0.15) is 5.69 Å². The van der Waals surface area contributed by atoms with Crippen molar-refractivity contribution in [1.29, 1.82) is 0 Å². The average molecular weight is 318 g/mol. The molecule has 1 aromatic carbocycles. The molecule has 0 unspecified atom stereocenters. The van der Waals surface area contributed by atoms with Crippen LogP contribution in [-0.2, 0) is 13.6 Å².